The maximum Gasteiger partial charge on any atom is 0.251 e. The zero-order valence-corrected chi connectivity index (χ0v) is 15.7. The number of carbonyl (C=O) groups is 3. The van der Waals surface area contributed by atoms with Crippen molar-refractivity contribution < 1.29 is 14.4 Å². The van der Waals surface area contributed by atoms with E-state index in [0.717, 1.165) is 19.3 Å². The lowest BCUT2D eigenvalue weighted by molar-refractivity contribution is -0.136. The van der Waals surface area contributed by atoms with Crippen LogP contribution in [0.2, 0.25) is 0 Å². The summed E-state index contributed by atoms with van der Waals surface area (Å²) in [5.41, 5.74) is 0.540. The molecule has 0 spiro atoms. The molecule has 0 atom stereocenters. The Hall–Kier alpha value is -2.37. The highest BCUT2D eigenvalue weighted by Crippen LogP contribution is 2.14. The molecule has 1 aromatic rings. The Bertz CT molecular complexity index is 614. The van der Waals surface area contributed by atoms with Crippen LogP contribution in [0.5, 0.6) is 0 Å². The molecule has 1 saturated heterocycles. The molecule has 1 N–H and O–H groups in total. The van der Waals surface area contributed by atoms with E-state index in [4.69, 9.17) is 0 Å². The Morgan fingerprint density at radius 3 is 2.23 bits per heavy atom. The molecule has 1 aliphatic heterocycles. The van der Waals surface area contributed by atoms with Crippen molar-refractivity contribution in [3.05, 3.63) is 35.9 Å². The van der Waals surface area contributed by atoms with Gasteiger partial charge in [0.05, 0.1) is 6.54 Å². The summed E-state index contributed by atoms with van der Waals surface area (Å²) < 4.78 is 0. The zero-order chi connectivity index (χ0) is 18.9. The van der Waals surface area contributed by atoms with Crippen molar-refractivity contribution >= 4 is 17.7 Å². The number of amides is 3. The Kier molecular flexibility index (Phi) is 7.63. The first-order chi connectivity index (χ1) is 12.6. The minimum Gasteiger partial charge on any atom is -0.343 e. The van der Waals surface area contributed by atoms with Gasteiger partial charge < -0.3 is 15.1 Å². The largest absolute Gasteiger partial charge is 0.343 e. The fourth-order valence-electron chi connectivity index (χ4n) is 3.24. The van der Waals surface area contributed by atoms with Crippen molar-refractivity contribution in [3.8, 4) is 0 Å². The number of nitrogens with zero attached hydrogens (tertiary/aromatic N) is 2. The number of benzene rings is 1. The first kappa shape index (κ1) is 19.9. The molecule has 26 heavy (non-hydrogen) atoms. The van der Waals surface area contributed by atoms with E-state index in [1.54, 1.807) is 29.2 Å². The highest BCUT2D eigenvalue weighted by atomic mass is 16.2. The molecule has 6 heteroatoms. The van der Waals surface area contributed by atoms with Gasteiger partial charge in [-0.15, -0.1) is 0 Å². The molecule has 142 valence electrons. The predicted octanol–water partition coefficient (Wildman–Crippen LogP) is 1.91. The summed E-state index contributed by atoms with van der Waals surface area (Å²) in [4.78, 5) is 40.6. The monoisotopic (exact) mass is 359 g/mol. The summed E-state index contributed by atoms with van der Waals surface area (Å²) in [6, 6.07) is 8.85. The van der Waals surface area contributed by atoms with Gasteiger partial charge in [-0.1, -0.05) is 32.0 Å². The van der Waals surface area contributed by atoms with Crippen LogP contribution in [0, 0.1) is 5.92 Å². The lowest BCUT2D eigenvalue weighted by atomic mass is 10.0. The average Bonchev–Trinajstić information content (AvgIpc) is 2.93. The second-order valence-electron chi connectivity index (χ2n) is 6.62. The van der Waals surface area contributed by atoms with Crippen LogP contribution in [0.15, 0.2) is 30.3 Å². The molecular formula is C20H29N3O3. The predicted molar refractivity (Wildman–Crippen MR) is 101 cm³/mol. The van der Waals surface area contributed by atoms with Gasteiger partial charge in [-0.3, -0.25) is 14.4 Å². The van der Waals surface area contributed by atoms with Crippen LogP contribution >= 0.6 is 0 Å². The van der Waals surface area contributed by atoms with Gasteiger partial charge in [-0.2, -0.15) is 0 Å². The Morgan fingerprint density at radius 1 is 0.962 bits per heavy atom. The molecule has 2 rings (SSSR count). The number of rotatable bonds is 6. The molecule has 3 amide bonds. The molecule has 6 nitrogen and oxygen atoms in total. The van der Waals surface area contributed by atoms with E-state index in [-0.39, 0.29) is 30.2 Å². The molecule has 0 saturated carbocycles. The Balaban J connectivity index is 1.83. The standard InChI is InChI=1S/C20H29N3O3/c1-3-16(4-2)20(26)23-12-8-11-22(13-14-23)18(24)15-21-19(25)17-9-6-5-7-10-17/h5-7,9-10,16H,3-4,8,11-15H2,1-2H3,(H,21,25). The van der Waals surface area contributed by atoms with Gasteiger partial charge in [0.25, 0.3) is 5.91 Å². The molecule has 0 radical (unpaired) electrons. The Morgan fingerprint density at radius 2 is 1.58 bits per heavy atom. The molecule has 0 aromatic heterocycles. The lowest BCUT2D eigenvalue weighted by Crippen LogP contribution is -2.43. The number of carbonyl (C=O) groups excluding carboxylic acids is 3. The van der Waals surface area contributed by atoms with Crippen molar-refractivity contribution in [1.82, 2.24) is 15.1 Å². The molecule has 0 aliphatic carbocycles. The zero-order valence-electron chi connectivity index (χ0n) is 15.7. The van der Waals surface area contributed by atoms with Gasteiger partial charge >= 0.3 is 0 Å². The van der Waals surface area contributed by atoms with E-state index in [9.17, 15) is 14.4 Å². The number of hydrogen-bond donors (Lipinski definition) is 1. The maximum absolute atomic E-state index is 12.5. The van der Waals surface area contributed by atoms with Crippen molar-refractivity contribution in [2.45, 2.75) is 33.1 Å². The van der Waals surface area contributed by atoms with Crippen LogP contribution in [-0.4, -0.2) is 60.2 Å². The van der Waals surface area contributed by atoms with Crippen molar-refractivity contribution in [2.75, 3.05) is 32.7 Å². The van der Waals surface area contributed by atoms with Crippen LogP contribution in [-0.2, 0) is 9.59 Å². The Labute approximate surface area is 155 Å². The van der Waals surface area contributed by atoms with Gasteiger partial charge in [0.2, 0.25) is 11.8 Å². The van der Waals surface area contributed by atoms with Crippen LogP contribution in [0.1, 0.15) is 43.5 Å². The molecule has 1 aliphatic rings. The van der Waals surface area contributed by atoms with E-state index < -0.39 is 0 Å². The maximum atomic E-state index is 12.5. The smallest absolute Gasteiger partial charge is 0.251 e. The fraction of sp³-hybridized carbons (Fsp3) is 0.550. The summed E-state index contributed by atoms with van der Waals surface area (Å²) in [5.74, 6) is -0.0884. The van der Waals surface area contributed by atoms with Gasteiger partial charge in [-0.25, -0.2) is 0 Å². The van der Waals surface area contributed by atoms with Crippen LogP contribution in [0.3, 0.4) is 0 Å². The summed E-state index contributed by atoms with van der Waals surface area (Å²) in [6.45, 7) is 6.44. The van der Waals surface area contributed by atoms with Crippen LogP contribution in [0.4, 0.5) is 0 Å². The van der Waals surface area contributed by atoms with Crippen LogP contribution in [0.25, 0.3) is 0 Å². The molecule has 0 bridgehead atoms. The minimum atomic E-state index is -0.251. The van der Waals surface area contributed by atoms with E-state index in [1.165, 1.54) is 0 Å². The van der Waals surface area contributed by atoms with E-state index in [0.29, 0.717) is 31.7 Å². The SMILES string of the molecule is CCC(CC)C(=O)N1CCCN(C(=O)CNC(=O)c2ccccc2)CC1. The summed E-state index contributed by atoms with van der Waals surface area (Å²) in [7, 11) is 0. The minimum absolute atomic E-state index is 0.0196. The van der Waals surface area contributed by atoms with E-state index in [2.05, 4.69) is 5.32 Å². The first-order valence-electron chi connectivity index (χ1n) is 9.46. The van der Waals surface area contributed by atoms with Crippen molar-refractivity contribution in [1.29, 1.82) is 0 Å². The molecule has 1 fully saturated rings. The number of hydrogen-bond acceptors (Lipinski definition) is 3. The first-order valence-corrected chi connectivity index (χ1v) is 9.46. The summed E-state index contributed by atoms with van der Waals surface area (Å²) >= 11 is 0. The second kappa shape index (κ2) is 9.94. The van der Waals surface area contributed by atoms with E-state index in [1.807, 2.05) is 24.8 Å². The normalized spacial score (nSPS) is 14.9. The lowest BCUT2D eigenvalue weighted by Gasteiger charge is -2.25. The topological polar surface area (TPSA) is 69.7 Å². The second-order valence-corrected chi connectivity index (χ2v) is 6.62. The molecular weight excluding hydrogens is 330 g/mol. The average molecular weight is 359 g/mol. The third kappa shape index (κ3) is 5.31. The van der Waals surface area contributed by atoms with Crippen LogP contribution < -0.4 is 5.32 Å². The van der Waals surface area contributed by atoms with E-state index >= 15 is 0 Å². The highest BCUT2D eigenvalue weighted by molar-refractivity contribution is 5.96. The fourth-order valence-corrected chi connectivity index (χ4v) is 3.24. The van der Waals surface area contributed by atoms with Crippen molar-refractivity contribution in [3.63, 3.8) is 0 Å². The summed E-state index contributed by atoms with van der Waals surface area (Å²) in [6.07, 6.45) is 2.46. The third-order valence-corrected chi connectivity index (χ3v) is 4.93. The highest BCUT2D eigenvalue weighted by Gasteiger charge is 2.25. The number of nitrogens with one attached hydrogen (secondary N) is 1. The third-order valence-electron chi connectivity index (χ3n) is 4.93. The molecule has 1 heterocycles. The van der Waals surface area contributed by atoms with Gasteiger partial charge in [-0.05, 0) is 31.4 Å². The quantitative estimate of drug-likeness (QED) is 0.844. The van der Waals surface area contributed by atoms with Gasteiger partial charge in [0.15, 0.2) is 0 Å². The van der Waals surface area contributed by atoms with Gasteiger partial charge in [0.1, 0.15) is 0 Å². The van der Waals surface area contributed by atoms with Gasteiger partial charge in [0, 0.05) is 37.7 Å². The molecule has 1 aromatic carbocycles. The van der Waals surface area contributed by atoms with Crippen molar-refractivity contribution in [2.24, 2.45) is 5.92 Å². The molecule has 0 unspecified atom stereocenters. The summed E-state index contributed by atoms with van der Waals surface area (Å²) in [5, 5.41) is 2.68.